The van der Waals surface area contributed by atoms with Crippen LogP contribution < -0.4 is 4.90 Å². The Labute approximate surface area is 96.6 Å². The zero-order chi connectivity index (χ0) is 11.7. The smallest absolute Gasteiger partial charge is 0.235 e. The lowest BCUT2D eigenvalue weighted by Gasteiger charge is -2.18. The number of carbonyl (C=O) groups excluding carboxylic acids is 1. The molecule has 0 spiro atoms. The second kappa shape index (κ2) is 4.12. The Bertz CT molecular complexity index is 410. The second-order valence-electron chi connectivity index (χ2n) is 4.30. The fourth-order valence-corrected chi connectivity index (χ4v) is 2.36. The highest BCUT2D eigenvalue weighted by Gasteiger charge is 2.40. The summed E-state index contributed by atoms with van der Waals surface area (Å²) in [4.78, 5) is 14.0. The number of rotatable bonds is 2. The van der Waals surface area contributed by atoms with Crippen LogP contribution in [0.25, 0.3) is 0 Å². The molecule has 1 amide bonds. The van der Waals surface area contributed by atoms with Gasteiger partial charge in [0.05, 0.1) is 0 Å². The van der Waals surface area contributed by atoms with Crippen LogP contribution in [0.15, 0.2) is 42.6 Å². The van der Waals surface area contributed by atoms with Gasteiger partial charge in [-0.3, -0.25) is 9.69 Å². The molecule has 2 atom stereocenters. The largest absolute Gasteiger partial charge is 0.285 e. The van der Waals surface area contributed by atoms with Crippen molar-refractivity contribution in [1.82, 2.24) is 0 Å². The van der Waals surface area contributed by atoms with Crippen LogP contribution in [0.2, 0.25) is 0 Å². The average Bonchev–Trinajstić information content (AvgIpc) is 2.51. The Morgan fingerprint density at radius 3 is 2.44 bits per heavy atom. The summed E-state index contributed by atoms with van der Waals surface area (Å²) in [6, 6.07) is 9.74. The first-order valence-corrected chi connectivity index (χ1v) is 5.74. The van der Waals surface area contributed by atoms with Crippen LogP contribution in [0.1, 0.15) is 20.3 Å². The van der Waals surface area contributed by atoms with Gasteiger partial charge in [-0.25, -0.2) is 0 Å². The Kier molecular flexibility index (Phi) is 2.82. The van der Waals surface area contributed by atoms with E-state index in [9.17, 15) is 4.79 Å². The van der Waals surface area contributed by atoms with Crippen LogP contribution in [0, 0.1) is 11.8 Å². The van der Waals surface area contributed by atoms with E-state index in [4.69, 9.17) is 0 Å². The van der Waals surface area contributed by atoms with Gasteiger partial charge in [0.25, 0.3) is 0 Å². The number of anilines is 1. The van der Waals surface area contributed by atoms with Gasteiger partial charge in [0, 0.05) is 23.2 Å². The van der Waals surface area contributed by atoms with E-state index in [1.54, 1.807) is 4.90 Å². The number of amides is 1. The Balaban J connectivity index is 2.37. The van der Waals surface area contributed by atoms with E-state index in [-0.39, 0.29) is 17.7 Å². The van der Waals surface area contributed by atoms with Crippen molar-refractivity contribution < 1.29 is 4.79 Å². The lowest BCUT2D eigenvalue weighted by Crippen LogP contribution is -2.25. The number of hydrogen-bond acceptors (Lipinski definition) is 1. The number of allylic oxidation sites excluding steroid dienone is 1. The van der Waals surface area contributed by atoms with E-state index in [0.717, 1.165) is 17.8 Å². The molecule has 1 heterocycles. The fraction of sp³-hybridized carbons (Fsp3) is 0.357. The van der Waals surface area contributed by atoms with Gasteiger partial charge in [-0.05, 0) is 18.6 Å². The highest BCUT2D eigenvalue weighted by atomic mass is 16.2. The molecular weight excluding hydrogens is 198 g/mol. The monoisotopic (exact) mass is 215 g/mol. The predicted octanol–water partition coefficient (Wildman–Crippen LogP) is 3.21. The summed E-state index contributed by atoms with van der Waals surface area (Å²) >= 11 is 0. The SMILES string of the molecule is C=C1C(C)C(CC)C(=O)N1c1ccccc1. The molecule has 1 aromatic rings. The lowest BCUT2D eigenvalue weighted by molar-refractivity contribution is -0.120. The molecule has 1 aliphatic heterocycles. The first kappa shape index (κ1) is 10.9. The first-order valence-electron chi connectivity index (χ1n) is 5.74. The van der Waals surface area contributed by atoms with Crippen molar-refractivity contribution in [3.63, 3.8) is 0 Å². The van der Waals surface area contributed by atoms with E-state index in [0.29, 0.717) is 0 Å². The maximum Gasteiger partial charge on any atom is 0.235 e. The molecule has 1 fully saturated rings. The van der Waals surface area contributed by atoms with Crippen molar-refractivity contribution in [2.24, 2.45) is 11.8 Å². The highest BCUT2D eigenvalue weighted by molar-refractivity contribution is 6.01. The molecule has 0 aromatic heterocycles. The molecule has 0 bridgehead atoms. The van der Waals surface area contributed by atoms with Crippen molar-refractivity contribution in [2.45, 2.75) is 20.3 Å². The Hall–Kier alpha value is -1.57. The van der Waals surface area contributed by atoms with Crippen LogP contribution in [-0.2, 0) is 4.79 Å². The van der Waals surface area contributed by atoms with Gasteiger partial charge < -0.3 is 0 Å². The molecule has 0 radical (unpaired) electrons. The molecule has 1 aromatic carbocycles. The molecule has 2 heteroatoms. The van der Waals surface area contributed by atoms with Gasteiger partial charge in [-0.15, -0.1) is 0 Å². The van der Waals surface area contributed by atoms with Crippen LogP contribution in [-0.4, -0.2) is 5.91 Å². The van der Waals surface area contributed by atoms with Crippen molar-refractivity contribution in [3.05, 3.63) is 42.6 Å². The molecule has 2 rings (SSSR count). The summed E-state index contributed by atoms with van der Waals surface area (Å²) in [5.74, 6) is 0.525. The van der Waals surface area contributed by atoms with Crippen LogP contribution >= 0.6 is 0 Å². The lowest BCUT2D eigenvalue weighted by atomic mass is 9.93. The maximum absolute atomic E-state index is 12.2. The number of carbonyl (C=O) groups is 1. The maximum atomic E-state index is 12.2. The van der Waals surface area contributed by atoms with Crippen LogP contribution in [0.3, 0.4) is 0 Å². The fourth-order valence-electron chi connectivity index (χ4n) is 2.36. The van der Waals surface area contributed by atoms with Crippen molar-refractivity contribution in [1.29, 1.82) is 0 Å². The predicted molar refractivity (Wildman–Crippen MR) is 66.0 cm³/mol. The third kappa shape index (κ3) is 1.54. The highest BCUT2D eigenvalue weighted by Crippen LogP contribution is 2.37. The van der Waals surface area contributed by atoms with Gasteiger partial charge in [0.2, 0.25) is 5.91 Å². The third-order valence-corrected chi connectivity index (χ3v) is 3.41. The van der Waals surface area contributed by atoms with Crippen molar-refractivity contribution in [2.75, 3.05) is 4.90 Å². The van der Waals surface area contributed by atoms with Crippen LogP contribution in [0.5, 0.6) is 0 Å². The quantitative estimate of drug-likeness (QED) is 0.741. The number of para-hydroxylation sites is 1. The first-order chi connectivity index (χ1) is 7.66. The molecule has 16 heavy (non-hydrogen) atoms. The number of hydrogen-bond donors (Lipinski definition) is 0. The third-order valence-electron chi connectivity index (χ3n) is 3.41. The summed E-state index contributed by atoms with van der Waals surface area (Å²) in [7, 11) is 0. The van der Waals surface area contributed by atoms with Gasteiger partial charge in [0.1, 0.15) is 0 Å². The minimum Gasteiger partial charge on any atom is -0.285 e. The molecular formula is C14H17NO. The molecule has 2 nitrogen and oxygen atoms in total. The molecule has 2 unspecified atom stereocenters. The van der Waals surface area contributed by atoms with Gasteiger partial charge in [-0.1, -0.05) is 38.6 Å². The summed E-state index contributed by atoms with van der Waals surface area (Å²) in [5.41, 5.74) is 1.85. The van der Waals surface area contributed by atoms with E-state index in [1.165, 1.54) is 0 Å². The summed E-state index contributed by atoms with van der Waals surface area (Å²) in [6.45, 7) is 8.18. The molecule has 84 valence electrons. The minimum atomic E-state index is 0.0905. The number of nitrogens with zero attached hydrogens (tertiary/aromatic N) is 1. The summed E-state index contributed by atoms with van der Waals surface area (Å²) in [5, 5.41) is 0. The molecule has 0 saturated carbocycles. The van der Waals surface area contributed by atoms with Crippen molar-refractivity contribution in [3.8, 4) is 0 Å². The number of benzene rings is 1. The molecule has 1 saturated heterocycles. The molecule has 0 aliphatic carbocycles. The normalized spacial score (nSPS) is 25.2. The zero-order valence-electron chi connectivity index (χ0n) is 9.81. The summed E-state index contributed by atoms with van der Waals surface area (Å²) in [6.07, 6.45) is 0.877. The van der Waals surface area contributed by atoms with Gasteiger partial charge >= 0.3 is 0 Å². The Morgan fingerprint density at radius 2 is 1.94 bits per heavy atom. The van der Waals surface area contributed by atoms with E-state index in [2.05, 4.69) is 20.4 Å². The van der Waals surface area contributed by atoms with Crippen molar-refractivity contribution >= 4 is 11.6 Å². The second-order valence-corrected chi connectivity index (χ2v) is 4.30. The standard InChI is InChI=1S/C14H17NO/c1-4-13-10(2)11(3)15(14(13)16)12-8-6-5-7-9-12/h5-10,13H,3-4H2,1-2H3. The average molecular weight is 215 g/mol. The topological polar surface area (TPSA) is 20.3 Å². The van der Waals surface area contributed by atoms with E-state index >= 15 is 0 Å². The minimum absolute atomic E-state index is 0.0905. The van der Waals surface area contributed by atoms with Gasteiger partial charge in [0.15, 0.2) is 0 Å². The van der Waals surface area contributed by atoms with E-state index < -0.39 is 0 Å². The zero-order valence-corrected chi connectivity index (χ0v) is 9.81. The molecule has 1 aliphatic rings. The van der Waals surface area contributed by atoms with E-state index in [1.807, 2.05) is 30.3 Å². The summed E-state index contributed by atoms with van der Waals surface area (Å²) < 4.78 is 0. The molecule has 0 N–H and O–H groups in total. The Morgan fingerprint density at radius 1 is 1.31 bits per heavy atom. The van der Waals surface area contributed by atoms with Crippen LogP contribution in [0.4, 0.5) is 5.69 Å². The van der Waals surface area contributed by atoms with Gasteiger partial charge in [-0.2, -0.15) is 0 Å².